The number of Topliss-reactive ketones (excluding diaryl/α,β-unsaturated/α-hetero) is 1. The Labute approximate surface area is 190 Å². The molecule has 0 saturated heterocycles. The molecule has 2 N–H and O–H groups in total. The molecule has 3 fully saturated rings. The lowest BCUT2D eigenvalue weighted by Gasteiger charge is -2.60. The van der Waals surface area contributed by atoms with Crippen LogP contribution in [0.2, 0.25) is 0 Å². The number of carbonyl (C=O) groups excluding carboxylic acids is 3. The number of ketones is 2. The largest absolute Gasteiger partial charge is 0.458 e. The van der Waals surface area contributed by atoms with Crippen LogP contribution in [0.25, 0.3) is 0 Å². The summed E-state index contributed by atoms with van der Waals surface area (Å²) in [6.45, 7) is 6.94. The summed E-state index contributed by atoms with van der Waals surface area (Å²) < 4.78 is 4.89. The van der Waals surface area contributed by atoms with Gasteiger partial charge in [-0.15, -0.1) is 0 Å². The van der Waals surface area contributed by atoms with E-state index in [-0.39, 0.29) is 43.0 Å². The molecule has 4 aliphatic rings. The highest BCUT2D eigenvalue weighted by atomic mass is 32.1. The minimum absolute atomic E-state index is 0. The maximum absolute atomic E-state index is 12.9. The van der Waals surface area contributed by atoms with E-state index >= 15 is 0 Å². The summed E-state index contributed by atoms with van der Waals surface area (Å²) in [6.07, 6.45) is 6.71. The van der Waals surface area contributed by atoms with E-state index < -0.39 is 40.9 Å². The van der Waals surface area contributed by atoms with Gasteiger partial charge < -0.3 is 14.9 Å². The number of aliphatic hydroxyl groups excluding tert-OH is 1. The Bertz CT molecular complexity index is 864. The molecule has 7 heteroatoms. The van der Waals surface area contributed by atoms with Crippen molar-refractivity contribution in [1.29, 1.82) is 0 Å². The van der Waals surface area contributed by atoms with Crippen LogP contribution in [0.4, 0.5) is 0 Å². The highest BCUT2D eigenvalue weighted by molar-refractivity contribution is 7.59. The van der Waals surface area contributed by atoms with Gasteiger partial charge in [-0.1, -0.05) is 32.4 Å². The fourth-order valence-corrected chi connectivity index (χ4v) is 7.50. The molecule has 31 heavy (non-hydrogen) atoms. The van der Waals surface area contributed by atoms with Gasteiger partial charge in [-0.05, 0) is 55.6 Å². The van der Waals surface area contributed by atoms with Crippen molar-refractivity contribution >= 4 is 31.0 Å². The molecule has 0 aromatic carbocycles. The molecular formula is C24H34O6S. The number of aliphatic hydroxyl groups is 2. The monoisotopic (exact) mass is 450 g/mol. The first-order valence-electron chi connectivity index (χ1n) is 11.0. The molecule has 4 aliphatic carbocycles. The number of allylic oxidation sites excluding steroid dienone is 4. The van der Waals surface area contributed by atoms with Crippen LogP contribution in [-0.4, -0.2) is 46.1 Å². The molecular weight excluding hydrogens is 416 g/mol. The number of carbonyl (C=O) groups is 3. The van der Waals surface area contributed by atoms with Gasteiger partial charge in [0, 0.05) is 23.7 Å². The first-order chi connectivity index (χ1) is 13.9. The predicted molar refractivity (Wildman–Crippen MR) is 120 cm³/mol. The number of hydrogen-bond donors (Lipinski definition) is 2. The van der Waals surface area contributed by atoms with Gasteiger partial charge in [0.05, 0.1) is 6.10 Å². The van der Waals surface area contributed by atoms with Crippen LogP contribution in [0.3, 0.4) is 0 Å². The summed E-state index contributed by atoms with van der Waals surface area (Å²) in [4.78, 5) is 36.1. The van der Waals surface area contributed by atoms with Crippen molar-refractivity contribution < 1.29 is 29.3 Å². The average Bonchev–Trinajstić information content (AvgIpc) is 2.93. The van der Waals surface area contributed by atoms with Crippen molar-refractivity contribution in [2.45, 2.75) is 65.1 Å². The summed E-state index contributed by atoms with van der Waals surface area (Å²) in [7, 11) is 0. The molecule has 0 amide bonds. The summed E-state index contributed by atoms with van der Waals surface area (Å²) in [5, 5.41) is 22.9. The van der Waals surface area contributed by atoms with Crippen LogP contribution in [0.5, 0.6) is 0 Å². The van der Waals surface area contributed by atoms with E-state index in [2.05, 4.69) is 13.8 Å². The van der Waals surface area contributed by atoms with Crippen LogP contribution < -0.4 is 0 Å². The smallest absolute Gasteiger partial charge is 0.303 e. The van der Waals surface area contributed by atoms with Gasteiger partial charge in [0.2, 0.25) is 5.78 Å². The van der Waals surface area contributed by atoms with E-state index in [1.807, 2.05) is 13.0 Å². The highest BCUT2D eigenvalue weighted by Crippen LogP contribution is 2.67. The molecule has 8 atom stereocenters. The zero-order chi connectivity index (χ0) is 22.1. The Morgan fingerprint density at radius 1 is 1.29 bits per heavy atom. The van der Waals surface area contributed by atoms with Crippen molar-refractivity contribution in [1.82, 2.24) is 0 Å². The van der Waals surface area contributed by atoms with Crippen LogP contribution in [0.1, 0.15) is 53.4 Å². The molecule has 0 aromatic heterocycles. The minimum Gasteiger partial charge on any atom is -0.458 e. The molecule has 0 bridgehead atoms. The lowest BCUT2D eigenvalue weighted by atomic mass is 9.45. The normalized spacial score (nSPS) is 45.5. The zero-order valence-corrected chi connectivity index (χ0v) is 19.7. The molecule has 3 saturated carbocycles. The Balaban J connectivity index is 0.00000272. The van der Waals surface area contributed by atoms with Crippen LogP contribution in [0.15, 0.2) is 23.8 Å². The summed E-state index contributed by atoms with van der Waals surface area (Å²) in [5.74, 6) is -0.712. The molecule has 0 aromatic rings. The molecule has 4 rings (SSSR count). The standard InChI is InChI=1S/C24H32O6.H2S/c1-13-9-16-17-6-8-24(29,20(28)12-30-14(2)25)23(17,4)11-19(27)21(16)22(3)7-5-15(26)10-18(13)22;/h5,7,10,13,16-17,19,21,27,29H,6,8-9,11-12H2,1-4H3;1H2/t13-,16-,17-,19-,21+,22-,23-,24-;/m0./s1. The fourth-order valence-electron chi connectivity index (χ4n) is 7.50. The number of ether oxygens (including phenoxy) is 1. The van der Waals surface area contributed by atoms with E-state index in [1.165, 1.54) is 6.92 Å². The maximum Gasteiger partial charge on any atom is 0.303 e. The Morgan fingerprint density at radius 2 is 1.97 bits per heavy atom. The van der Waals surface area contributed by atoms with Crippen molar-refractivity contribution in [3.63, 3.8) is 0 Å². The second kappa shape index (κ2) is 7.85. The first kappa shape index (κ1) is 24.2. The average molecular weight is 451 g/mol. The summed E-state index contributed by atoms with van der Waals surface area (Å²) >= 11 is 0. The second-order valence-corrected chi connectivity index (χ2v) is 10.3. The Morgan fingerprint density at radius 3 is 2.61 bits per heavy atom. The SMILES string of the molecule is CC(=O)OCC(=O)[C@@]1(O)CC[C@H]2[C@@H]3C[C@H](C)C4=CC(=O)C=C[C@]4(C)[C@H]3[C@@H](O)C[C@@]21C.S. The third kappa shape index (κ3) is 3.35. The lowest BCUT2D eigenvalue weighted by molar-refractivity contribution is -0.182. The van der Waals surface area contributed by atoms with Crippen LogP contribution >= 0.6 is 13.5 Å². The van der Waals surface area contributed by atoms with Crippen LogP contribution in [0, 0.1) is 34.5 Å². The quantitative estimate of drug-likeness (QED) is 0.641. The molecule has 172 valence electrons. The maximum atomic E-state index is 12.9. The molecule has 0 aliphatic heterocycles. The fraction of sp³-hybridized carbons (Fsp3) is 0.708. The van der Waals surface area contributed by atoms with E-state index in [9.17, 15) is 24.6 Å². The number of hydrogen-bond acceptors (Lipinski definition) is 6. The minimum atomic E-state index is -1.61. The van der Waals surface area contributed by atoms with Gasteiger partial charge in [-0.25, -0.2) is 0 Å². The highest BCUT2D eigenvalue weighted by Gasteiger charge is 2.68. The van der Waals surface area contributed by atoms with E-state index in [1.54, 1.807) is 12.2 Å². The van der Waals surface area contributed by atoms with Crippen molar-refractivity contribution in [3.8, 4) is 0 Å². The number of fused-ring (bicyclic) bond motifs is 5. The molecule has 0 radical (unpaired) electrons. The van der Waals surface area contributed by atoms with Gasteiger partial charge in [0.25, 0.3) is 0 Å². The molecule has 6 nitrogen and oxygen atoms in total. The van der Waals surface area contributed by atoms with Gasteiger partial charge in [0.15, 0.2) is 12.4 Å². The van der Waals surface area contributed by atoms with Crippen molar-refractivity contribution in [3.05, 3.63) is 23.8 Å². The van der Waals surface area contributed by atoms with Gasteiger partial charge in [-0.3, -0.25) is 14.4 Å². The number of rotatable bonds is 3. The van der Waals surface area contributed by atoms with Gasteiger partial charge >= 0.3 is 5.97 Å². The summed E-state index contributed by atoms with van der Waals surface area (Å²) in [5.41, 5.74) is -1.72. The molecule has 0 heterocycles. The van der Waals surface area contributed by atoms with E-state index in [4.69, 9.17) is 4.74 Å². The van der Waals surface area contributed by atoms with Crippen LogP contribution in [-0.2, 0) is 19.1 Å². The first-order valence-corrected chi connectivity index (χ1v) is 11.0. The van der Waals surface area contributed by atoms with E-state index in [0.29, 0.717) is 19.3 Å². The lowest BCUT2D eigenvalue weighted by Crippen LogP contribution is -2.62. The van der Waals surface area contributed by atoms with Gasteiger partial charge in [-0.2, -0.15) is 13.5 Å². The molecule has 0 spiro atoms. The Hall–Kier alpha value is -1.44. The predicted octanol–water partition coefficient (Wildman–Crippen LogP) is 2.49. The van der Waals surface area contributed by atoms with Crippen molar-refractivity contribution in [2.24, 2.45) is 34.5 Å². The van der Waals surface area contributed by atoms with E-state index in [0.717, 1.165) is 12.0 Å². The Kier molecular flexibility index (Phi) is 6.13. The zero-order valence-electron chi connectivity index (χ0n) is 18.7. The topological polar surface area (TPSA) is 101 Å². The molecule has 0 unspecified atom stereocenters. The third-order valence-corrected chi connectivity index (χ3v) is 8.84. The third-order valence-electron chi connectivity index (χ3n) is 8.84. The van der Waals surface area contributed by atoms with Crippen molar-refractivity contribution in [2.75, 3.05) is 6.61 Å². The second-order valence-electron chi connectivity index (χ2n) is 10.3. The summed E-state index contributed by atoms with van der Waals surface area (Å²) in [6, 6.07) is 0. The number of esters is 1. The van der Waals surface area contributed by atoms with Gasteiger partial charge in [0.1, 0.15) is 5.60 Å².